The van der Waals surface area contributed by atoms with Gasteiger partial charge in [-0.1, -0.05) is 11.8 Å². The van der Waals surface area contributed by atoms with Crippen molar-refractivity contribution in [1.29, 1.82) is 0 Å². The Labute approximate surface area is 76.3 Å². The summed E-state index contributed by atoms with van der Waals surface area (Å²) in [5.74, 6) is 2.19. The van der Waals surface area contributed by atoms with Gasteiger partial charge in [0.25, 0.3) is 0 Å². The molecule has 0 N–H and O–H groups in total. The van der Waals surface area contributed by atoms with Gasteiger partial charge in [-0.15, -0.1) is 0 Å². The first kappa shape index (κ1) is 10.6. The Morgan fingerprint density at radius 2 is 2.20 bits per heavy atom. The molecule has 0 aliphatic heterocycles. The third-order valence-corrected chi connectivity index (χ3v) is 2.87. The molecular weight excluding hydrogens is 184 g/mol. The van der Waals surface area contributed by atoms with Crippen LogP contribution in [0, 0.1) is 0 Å². The molecule has 0 aromatic heterocycles. The highest BCUT2D eigenvalue weighted by Gasteiger charge is 1.94. The summed E-state index contributed by atoms with van der Waals surface area (Å²) in [6.45, 7) is 2.63. The smallest absolute Gasteiger partial charge is 0.219 e. The minimum absolute atomic E-state index is 0.677. The Balaban J connectivity index is 3.05. The van der Waals surface area contributed by atoms with Crippen LogP contribution >= 0.6 is 35.7 Å². The van der Waals surface area contributed by atoms with Gasteiger partial charge in [-0.2, -0.15) is 11.8 Å². The van der Waals surface area contributed by atoms with Gasteiger partial charge in [0.1, 0.15) is 0 Å². The van der Waals surface area contributed by atoms with E-state index < -0.39 is 0 Å². The van der Waals surface area contributed by atoms with Gasteiger partial charge in [0.05, 0.1) is 6.61 Å². The average molecular weight is 196 g/mol. The standard InChI is InChI=1S/C6H12OS3/c1-3-7-6(8)10-5-4-9-2/h3-5H2,1-2H3. The van der Waals surface area contributed by atoms with Crippen molar-refractivity contribution >= 4 is 40.1 Å². The first-order chi connectivity index (χ1) is 4.81. The molecule has 0 bridgehead atoms. The quantitative estimate of drug-likeness (QED) is 0.504. The summed E-state index contributed by atoms with van der Waals surface area (Å²) in [5, 5.41) is 0. The van der Waals surface area contributed by atoms with Crippen LogP contribution in [-0.2, 0) is 4.74 Å². The predicted molar refractivity (Wildman–Crippen MR) is 55.1 cm³/mol. The highest BCUT2D eigenvalue weighted by molar-refractivity contribution is 8.22. The normalized spacial score (nSPS) is 9.40. The number of thiocarbonyl (C=S) groups is 1. The lowest BCUT2D eigenvalue weighted by molar-refractivity contribution is 0.346. The number of thioether (sulfide) groups is 2. The molecule has 0 amide bonds. The van der Waals surface area contributed by atoms with Crippen molar-refractivity contribution in [3.63, 3.8) is 0 Å². The lowest BCUT2D eigenvalue weighted by atomic mass is 10.9. The first-order valence-corrected chi connectivity index (χ1v) is 5.88. The van der Waals surface area contributed by atoms with Crippen LogP contribution in [0.4, 0.5) is 0 Å². The summed E-state index contributed by atoms with van der Waals surface area (Å²) in [6, 6.07) is 0. The van der Waals surface area contributed by atoms with Gasteiger partial charge in [0.15, 0.2) is 0 Å². The molecule has 0 aliphatic rings. The molecule has 10 heavy (non-hydrogen) atoms. The Morgan fingerprint density at radius 3 is 2.70 bits per heavy atom. The topological polar surface area (TPSA) is 9.23 Å². The zero-order valence-corrected chi connectivity index (χ0v) is 8.70. The van der Waals surface area contributed by atoms with Gasteiger partial charge in [-0.05, 0) is 25.4 Å². The van der Waals surface area contributed by atoms with Crippen molar-refractivity contribution < 1.29 is 4.74 Å². The van der Waals surface area contributed by atoms with Crippen LogP contribution in [-0.4, -0.2) is 28.8 Å². The summed E-state index contributed by atoms with van der Waals surface area (Å²) in [4.78, 5) is 0. The molecule has 1 nitrogen and oxygen atoms in total. The molecule has 4 heteroatoms. The van der Waals surface area contributed by atoms with Crippen molar-refractivity contribution in [3.05, 3.63) is 0 Å². The molecule has 0 rings (SSSR count). The van der Waals surface area contributed by atoms with E-state index in [2.05, 4.69) is 6.26 Å². The number of hydrogen-bond acceptors (Lipinski definition) is 4. The highest BCUT2D eigenvalue weighted by atomic mass is 32.2. The van der Waals surface area contributed by atoms with Crippen molar-refractivity contribution in [2.75, 3.05) is 24.4 Å². The maximum absolute atomic E-state index is 5.07. The number of hydrogen-bond donors (Lipinski definition) is 0. The maximum atomic E-state index is 5.07. The largest absolute Gasteiger partial charge is 0.479 e. The number of ether oxygens (including phenoxy) is 1. The second-order valence-corrected chi connectivity index (χ2v) is 4.21. The zero-order chi connectivity index (χ0) is 7.82. The van der Waals surface area contributed by atoms with Crippen LogP contribution in [0.5, 0.6) is 0 Å². The van der Waals surface area contributed by atoms with Gasteiger partial charge in [0, 0.05) is 11.5 Å². The first-order valence-electron chi connectivity index (χ1n) is 3.09. The van der Waals surface area contributed by atoms with Gasteiger partial charge >= 0.3 is 0 Å². The summed E-state index contributed by atoms with van der Waals surface area (Å²) in [5.41, 5.74) is 0. The summed E-state index contributed by atoms with van der Waals surface area (Å²) in [7, 11) is 0. The van der Waals surface area contributed by atoms with Crippen molar-refractivity contribution in [1.82, 2.24) is 0 Å². The van der Waals surface area contributed by atoms with E-state index in [9.17, 15) is 0 Å². The fourth-order valence-corrected chi connectivity index (χ4v) is 2.10. The van der Waals surface area contributed by atoms with E-state index in [1.165, 1.54) is 0 Å². The minimum Gasteiger partial charge on any atom is -0.479 e. The molecular formula is C6H12OS3. The maximum Gasteiger partial charge on any atom is 0.219 e. The van der Waals surface area contributed by atoms with E-state index in [-0.39, 0.29) is 0 Å². The van der Waals surface area contributed by atoms with Crippen molar-refractivity contribution in [2.45, 2.75) is 6.92 Å². The second-order valence-electron chi connectivity index (χ2n) is 1.52. The van der Waals surface area contributed by atoms with E-state index in [1.807, 2.05) is 18.7 Å². The molecule has 0 aliphatic carbocycles. The molecule has 0 unspecified atom stereocenters. The van der Waals surface area contributed by atoms with Gasteiger partial charge in [-0.3, -0.25) is 0 Å². The van der Waals surface area contributed by atoms with Gasteiger partial charge in [-0.25, -0.2) is 0 Å². The van der Waals surface area contributed by atoms with Gasteiger partial charge in [0.2, 0.25) is 4.38 Å². The highest BCUT2D eigenvalue weighted by Crippen LogP contribution is 2.07. The predicted octanol–water partition coefficient (Wildman–Crippen LogP) is 2.40. The monoisotopic (exact) mass is 196 g/mol. The third kappa shape index (κ3) is 6.71. The number of rotatable bonds is 4. The van der Waals surface area contributed by atoms with Crippen LogP contribution in [0.25, 0.3) is 0 Å². The van der Waals surface area contributed by atoms with Crippen LogP contribution in [0.1, 0.15) is 6.92 Å². The average Bonchev–Trinajstić information content (AvgIpc) is 1.89. The Kier molecular flexibility index (Phi) is 8.15. The lowest BCUT2D eigenvalue weighted by Crippen LogP contribution is -1.97. The fraction of sp³-hybridized carbons (Fsp3) is 0.833. The van der Waals surface area contributed by atoms with Crippen LogP contribution in [0.3, 0.4) is 0 Å². The zero-order valence-electron chi connectivity index (χ0n) is 6.25. The van der Waals surface area contributed by atoms with E-state index in [4.69, 9.17) is 17.0 Å². The van der Waals surface area contributed by atoms with Crippen LogP contribution in [0.15, 0.2) is 0 Å². The Morgan fingerprint density at radius 1 is 1.50 bits per heavy atom. The SMILES string of the molecule is CCOC(=S)SCCSC. The molecule has 60 valence electrons. The molecule has 0 saturated heterocycles. The fourth-order valence-electron chi connectivity index (χ4n) is 0.368. The molecule has 0 atom stereocenters. The summed E-state index contributed by atoms with van der Waals surface area (Å²) < 4.78 is 5.75. The van der Waals surface area contributed by atoms with Crippen molar-refractivity contribution in [3.8, 4) is 0 Å². The lowest BCUT2D eigenvalue weighted by Gasteiger charge is -2.01. The van der Waals surface area contributed by atoms with E-state index in [1.54, 1.807) is 11.8 Å². The molecule has 0 radical (unpaired) electrons. The van der Waals surface area contributed by atoms with E-state index in [0.717, 1.165) is 11.5 Å². The summed E-state index contributed by atoms with van der Waals surface area (Å²) >= 11 is 8.34. The third-order valence-electron chi connectivity index (χ3n) is 0.770. The summed E-state index contributed by atoms with van der Waals surface area (Å²) in [6.07, 6.45) is 2.09. The Hall–Kier alpha value is 0.590. The minimum atomic E-state index is 0.677. The molecule has 0 heterocycles. The second kappa shape index (κ2) is 7.69. The molecule has 0 aromatic rings. The van der Waals surface area contributed by atoms with Crippen LogP contribution < -0.4 is 0 Å². The van der Waals surface area contributed by atoms with E-state index in [0.29, 0.717) is 11.0 Å². The Bertz CT molecular complexity index is 95.0. The molecule has 0 spiro atoms. The van der Waals surface area contributed by atoms with Gasteiger partial charge < -0.3 is 4.74 Å². The van der Waals surface area contributed by atoms with Crippen LogP contribution in [0.2, 0.25) is 0 Å². The molecule has 0 fully saturated rings. The molecule has 0 saturated carbocycles. The van der Waals surface area contributed by atoms with E-state index >= 15 is 0 Å². The van der Waals surface area contributed by atoms with Crippen molar-refractivity contribution in [2.24, 2.45) is 0 Å². The molecule has 0 aromatic carbocycles.